The van der Waals surface area contributed by atoms with E-state index in [4.69, 9.17) is 23.2 Å². The molecule has 2 aromatic rings. The van der Waals surface area contributed by atoms with E-state index in [9.17, 15) is 18.0 Å². The molecule has 1 unspecified atom stereocenters. The third-order valence-electron chi connectivity index (χ3n) is 4.70. The van der Waals surface area contributed by atoms with Crippen molar-refractivity contribution in [3.63, 3.8) is 0 Å². The molecule has 2 rings (SSSR count). The SMILES string of the molecule is CCC(C(=O)NC)N(Cc1ccccc1)C(=O)CN(c1ccc(Cl)c(Cl)c1)S(C)(=O)=O. The minimum absolute atomic E-state index is 0.157. The number of likely N-dealkylation sites (N-methyl/N-ethyl adjacent to an activating group) is 1. The zero-order chi connectivity index (χ0) is 23.2. The van der Waals surface area contributed by atoms with E-state index in [1.165, 1.54) is 30.1 Å². The standard InChI is InChI=1S/C21H25Cl2N3O4S/c1-4-19(21(28)24-2)25(13-15-8-6-5-7-9-15)20(27)14-26(31(3,29)30)16-10-11-17(22)18(23)12-16/h5-12,19H,4,13-14H2,1-3H3,(H,24,28). The largest absolute Gasteiger partial charge is 0.357 e. The van der Waals surface area contributed by atoms with Gasteiger partial charge in [0.15, 0.2) is 0 Å². The molecule has 0 aromatic heterocycles. The summed E-state index contributed by atoms with van der Waals surface area (Å²) in [6.07, 6.45) is 1.37. The number of nitrogens with one attached hydrogen (secondary N) is 1. The third kappa shape index (κ3) is 6.59. The fourth-order valence-corrected chi connectivity index (χ4v) is 4.25. The normalized spacial score (nSPS) is 12.2. The number of rotatable bonds is 9. The number of benzene rings is 2. The molecule has 0 saturated carbocycles. The summed E-state index contributed by atoms with van der Waals surface area (Å²) in [5.41, 5.74) is 1.02. The molecule has 1 atom stereocenters. The van der Waals surface area contributed by atoms with Gasteiger partial charge in [-0.25, -0.2) is 8.42 Å². The number of amides is 2. The predicted octanol–water partition coefficient (Wildman–Crippen LogP) is 3.31. The van der Waals surface area contributed by atoms with Gasteiger partial charge in [-0.05, 0) is 30.2 Å². The van der Waals surface area contributed by atoms with Crippen LogP contribution in [0.5, 0.6) is 0 Å². The summed E-state index contributed by atoms with van der Waals surface area (Å²) in [4.78, 5) is 27.2. The van der Waals surface area contributed by atoms with Crippen LogP contribution in [0.25, 0.3) is 0 Å². The second-order valence-electron chi connectivity index (χ2n) is 6.91. The Kier molecular flexibility index (Phi) is 8.73. The minimum Gasteiger partial charge on any atom is -0.357 e. The topological polar surface area (TPSA) is 86.8 Å². The van der Waals surface area contributed by atoms with Crippen molar-refractivity contribution in [3.8, 4) is 0 Å². The van der Waals surface area contributed by atoms with E-state index in [1.807, 2.05) is 30.3 Å². The molecule has 0 saturated heterocycles. The Morgan fingerprint density at radius 3 is 2.23 bits per heavy atom. The van der Waals surface area contributed by atoms with E-state index in [0.717, 1.165) is 16.1 Å². The Balaban J connectivity index is 2.42. The van der Waals surface area contributed by atoms with Crippen molar-refractivity contribution in [2.45, 2.75) is 25.9 Å². The maximum absolute atomic E-state index is 13.3. The van der Waals surface area contributed by atoms with Crippen LogP contribution in [0.15, 0.2) is 48.5 Å². The average Bonchev–Trinajstić information content (AvgIpc) is 2.73. The summed E-state index contributed by atoms with van der Waals surface area (Å²) in [6, 6.07) is 12.7. The van der Waals surface area contributed by atoms with Gasteiger partial charge in [0.2, 0.25) is 21.8 Å². The molecule has 0 fully saturated rings. The molecular formula is C21H25Cl2N3O4S. The highest BCUT2D eigenvalue weighted by Crippen LogP contribution is 2.28. The number of hydrogen-bond donors (Lipinski definition) is 1. The third-order valence-corrected chi connectivity index (χ3v) is 6.58. The Hall–Kier alpha value is -2.29. The smallest absolute Gasteiger partial charge is 0.244 e. The number of nitrogens with zero attached hydrogens (tertiary/aromatic N) is 2. The Labute approximate surface area is 193 Å². The summed E-state index contributed by atoms with van der Waals surface area (Å²) >= 11 is 12.0. The Morgan fingerprint density at radius 2 is 1.71 bits per heavy atom. The van der Waals surface area contributed by atoms with Crippen LogP contribution >= 0.6 is 23.2 Å². The molecule has 0 aliphatic heterocycles. The molecule has 0 heterocycles. The molecule has 0 aliphatic rings. The van der Waals surface area contributed by atoms with E-state index in [0.29, 0.717) is 6.42 Å². The molecule has 0 radical (unpaired) electrons. The maximum Gasteiger partial charge on any atom is 0.244 e. The van der Waals surface area contributed by atoms with Crippen molar-refractivity contribution in [3.05, 3.63) is 64.1 Å². The van der Waals surface area contributed by atoms with Crippen LogP contribution in [0.2, 0.25) is 10.0 Å². The zero-order valence-corrected chi connectivity index (χ0v) is 19.8. The van der Waals surface area contributed by atoms with Crippen molar-refractivity contribution in [1.82, 2.24) is 10.2 Å². The quantitative estimate of drug-likeness (QED) is 0.589. The molecule has 0 spiro atoms. The number of carbonyl (C=O) groups is 2. The highest BCUT2D eigenvalue weighted by Gasteiger charge is 2.31. The van der Waals surface area contributed by atoms with Crippen molar-refractivity contribution in [1.29, 1.82) is 0 Å². The highest BCUT2D eigenvalue weighted by molar-refractivity contribution is 7.92. The maximum atomic E-state index is 13.3. The second-order valence-corrected chi connectivity index (χ2v) is 9.63. The van der Waals surface area contributed by atoms with Crippen LogP contribution in [0.4, 0.5) is 5.69 Å². The molecule has 0 bridgehead atoms. The van der Waals surface area contributed by atoms with Gasteiger partial charge in [0.25, 0.3) is 0 Å². The number of sulfonamides is 1. The summed E-state index contributed by atoms with van der Waals surface area (Å²) in [7, 11) is -2.33. The molecule has 10 heteroatoms. The lowest BCUT2D eigenvalue weighted by Crippen LogP contribution is -2.51. The molecule has 2 amide bonds. The zero-order valence-electron chi connectivity index (χ0n) is 17.5. The molecule has 168 valence electrons. The first-order valence-electron chi connectivity index (χ1n) is 9.56. The van der Waals surface area contributed by atoms with Crippen LogP contribution in [-0.2, 0) is 26.2 Å². The van der Waals surface area contributed by atoms with Crippen LogP contribution in [-0.4, -0.2) is 51.0 Å². The van der Waals surface area contributed by atoms with E-state index < -0.39 is 28.5 Å². The van der Waals surface area contributed by atoms with E-state index in [1.54, 1.807) is 6.92 Å². The van der Waals surface area contributed by atoms with Gasteiger partial charge in [0.1, 0.15) is 12.6 Å². The van der Waals surface area contributed by atoms with Crippen molar-refractivity contribution >= 4 is 50.7 Å². The van der Waals surface area contributed by atoms with Crippen molar-refractivity contribution in [2.24, 2.45) is 0 Å². The average molecular weight is 486 g/mol. The van der Waals surface area contributed by atoms with Gasteiger partial charge in [-0.2, -0.15) is 0 Å². The van der Waals surface area contributed by atoms with Gasteiger partial charge in [0.05, 0.1) is 22.0 Å². The van der Waals surface area contributed by atoms with Gasteiger partial charge in [0, 0.05) is 13.6 Å². The molecule has 31 heavy (non-hydrogen) atoms. The first kappa shape index (κ1) is 25.0. The van der Waals surface area contributed by atoms with Crippen LogP contribution < -0.4 is 9.62 Å². The fraction of sp³-hybridized carbons (Fsp3) is 0.333. The van der Waals surface area contributed by atoms with Crippen molar-refractivity contribution in [2.75, 3.05) is 24.2 Å². The lowest BCUT2D eigenvalue weighted by molar-refractivity contribution is -0.140. The van der Waals surface area contributed by atoms with Gasteiger partial charge < -0.3 is 10.2 Å². The van der Waals surface area contributed by atoms with Gasteiger partial charge >= 0.3 is 0 Å². The van der Waals surface area contributed by atoms with Crippen molar-refractivity contribution < 1.29 is 18.0 Å². The molecule has 0 aliphatic carbocycles. The van der Waals surface area contributed by atoms with Crippen LogP contribution in [0, 0.1) is 0 Å². The van der Waals surface area contributed by atoms with Gasteiger partial charge in [-0.15, -0.1) is 0 Å². The van der Waals surface area contributed by atoms with E-state index in [-0.39, 0.29) is 28.2 Å². The predicted molar refractivity (Wildman–Crippen MR) is 124 cm³/mol. The van der Waals surface area contributed by atoms with Crippen LogP contribution in [0.3, 0.4) is 0 Å². The molecule has 7 nitrogen and oxygen atoms in total. The summed E-state index contributed by atoms with van der Waals surface area (Å²) < 4.78 is 25.9. The minimum atomic E-state index is -3.82. The Morgan fingerprint density at radius 1 is 1.06 bits per heavy atom. The molecular weight excluding hydrogens is 461 g/mol. The summed E-state index contributed by atoms with van der Waals surface area (Å²) in [5.74, 6) is -0.844. The van der Waals surface area contributed by atoms with Gasteiger partial charge in [-0.3, -0.25) is 13.9 Å². The number of hydrogen-bond acceptors (Lipinski definition) is 4. The number of carbonyl (C=O) groups excluding carboxylic acids is 2. The lowest BCUT2D eigenvalue weighted by Gasteiger charge is -2.32. The Bertz CT molecular complexity index is 1030. The van der Waals surface area contributed by atoms with E-state index in [2.05, 4.69) is 5.32 Å². The molecule has 1 N–H and O–H groups in total. The first-order chi connectivity index (χ1) is 14.6. The summed E-state index contributed by atoms with van der Waals surface area (Å²) in [5, 5.41) is 3.00. The number of anilines is 1. The first-order valence-corrected chi connectivity index (χ1v) is 12.2. The fourth-order valence-electron chi connectivity index (χ4n) is 3.12. The van der Waals surface area contributed by atoms with Crippen LogP contribution in [0.1, 0.15) is 18.9 Å². The van der Waals surface area contributed by atoms with Gasteiger partial charge in [-0.1, -0.05) is 60.5 Å². The monoisotopic (exact) mass is 485 g/mol. The van der Waals surface area contributed by atoms with E-state index >= 15 is 0 Å². The lowest BCUT2D eigenvalue weighted by atomic mass is 10.1. The molecule has 2 aromatic carbocycles. The second kappa shape index (κ2) is 10.8. The highest BCUT2D eigenvalue weighted by atomic mass is 35.5. The number of halogens is 2. The summed E-state index contributed by atoms with van der Waals surface area (Å²) in [6.45, 7) is 1.46.